The van der Waals surface area contributed by atoms with E-state index in [4.69, 9.17) is 0 Å². The first-order valence-corrected chi connectivity index (χ1v) is 4.43. The number of anilines is 1. The lowest BCUT2D eigenvalue weighted by atomic mass is 10.2. The number of rotatable bonds is 0. The first kappa shape index (κ1) is 5.08. The Hall–Kier alpha value is -0.630. The van der Waals surface area contributed by atoms with Crippen molar-refractivity contribution >= 4 is 17.4 Å². The quantitative estimate of drug-likeness (QED) is 0.555. The molecule has 50 valence electrons. The van der Waals surface area contributed by atoms with E-state index >= 15 is 0 Å². The summed E-state index contributed by atoms with van der Waals surface area (Å²) in [6.45, 7) is 1.14. The Labute approximate surface area is 64.0 Å². The lowest BCUT2D eigenvalue weighted by Crippen LogP contribution is -2.12. The molecule has 0 atom stereocenters. The van der Waals surface area contributed by atoms with Gasteiger partial charge in [0.25, 0.3) is 0 Å². The first-order chi connectivity index (χ1) is 4.93. The molecule has 1 nitrogen and oxygen atoms in total. The summed E-state index contributed by atoms with van der Waals surface area (Å²) >= 11 is 1.95. The van der Waals surface area contributed by atoms with Gasteiger partial charge in [0.05, 0.1) is 11.6 Å². The maximum atomic E-state index is 2.43. The van der Waals surface area contributed by atoms with Gasteiger partial charge >= 0.3 is 0 Å². The van der Waals surface area contributed by atoms with Crippen LogP contribution < -0.4 is 4.90 Å². The van der Waals surface area contributed by atoms with Crippen LogP contribution in [0.25, 0.3) is 0 Å². The molecule has 0 spiro atoms. The molecule has 0 saturated carbocycles. The predicted octanol–water partition coefficient (Wildman–Crippen LogP) is 2.07. The Bertz CT molecular complexity index is 295. The van der Waals surface area contributed by atoms with Crippen LogP contribution in [0, 0.1) is 0 Å². The van der Waals surface area contributed by atoms with Crippen LogP contribution >= 0.6 is 11.8 Å². The first-order valence-electron chi connectivity index (χ1n) is 3.44. The van der Waals surface area contributed by atoms with E-state index < -0.39 is 0 Å². The van der Waals surface area contributed by atoms with Crippen molar-refractivity contribution in [3.8, 4) is 0 Å². The highest BCUT2D eigenvalue weighted by Gasteiger charge is 2.24. The molecule has 0 fully saturated rings. The molecule has 0 N–H and O–H groups in total. The third-order valence-corrected chi connectivity index (χ3v) is 3.21. The minimum absolute atomic E-state index is 1.14. The van der Waals surface area contributed by atoms with E-state index in [9.17, 15) is 0 Å². The van der Waals surface area contributed by atoms with E-state index in [2.05, 4.69) is 23.1 Å². The zero-order chi connectivity index (χ0) is 6.55. The Morgan fingerprint density at radius 1 is 1.40 bits per heavy atom. The molecule has 10 heavy (non-hydrogen) atoms. The lowest BCUT2D eigenvalue weighted by molar-refractivity contribution is 0.955. The van der Waals surface area contributed by atoms with Crippen molar-refractivity contribution in [3.63, 3.8) is 0 Å². The zero-order valence-electron chi connectivity index (χ0n) is 5.50. The normalized spacial score (nSPS) is 18.6. The van der Waals surface area contributed by atoms with Crippen molar-refractivity contribution in [1.29, 1.82) is 0 Å². The van der Waals surface area contributed by atoms with Crippen LogP contribution in [0.15, 0.2) is 23.1 Å². The van der Waals surface area contributed by atoms with Crippen LogP contribution in [0.1, 0.15) is 5.56 Å². The SMILES string of the molecule is c1cc2c3cc1CN3CS2. The van der Waals surface area contributed by atoms with E-state index in [0.717, 1.165) is 12.4 Å². The van der Waals surface area contributed by atoms with Gasteiger partial charge in [0.1, 0.15) is 0 Å². The molecule has 2 heterocycles. The van der Waals surface area contributed by atoms with Crippen molar-refractivity contribution in [2.75, 3.05) is 10.8 Å². The lowest BCUT2D eigenvalue weighted by Gasteiger charge is -2.09. The standard InChI is InChI=1S/C8H7NS/c1-2-8-7-3-6(1)4-9(7)5-10-8/h1-3H,4-5H2. The summed E-state index contributed by atoms with van der Waals surface area (Å²) < 4.78 is 0. The van der Waals surface area contributed by atoms with Crippen molar-refractivity contribution in [3.05, 3.63) is 23.8 Å². The molecule has 0 unspecified atom stereocenters. The molecule has 2 bridgehead atoms. The van der Waals surface area contributed by atoms with Crippen LogP contribution in [0.3, 0.4) is 0 Å². The van der Waals surface area contributed by atoms with Gasteiger partial charge in [-0.1, -0.05) is 6.07 Å². The molecule has 0 saturated heterocycles. The van der Waals surface area contributed by atoms with Gasteiger partial charge in [0.2, 0.25) is 0 Å². The van der Waals surface area contributed by atoms with Crippen LogP contribution in [0.4, 0.5) is 5.69 Å². The van der Waals surface area contributed by atoms with Gasteiger partial charge in [0.15, 0.2) is 0 Å². The monoisotopic (exact) mass is 149 g/mol. The summed E-state index contributed by atoms with van der Waals surface area (Å²) in [7, 11) is 0. The summed E-state index contributed by atoms with van der Waals surface area (Å²) in [5.41, 5.74) is 2.93. The Morgan fingerprint density at radius 3 is 3.40 bits per heavy atom. The maximum Gasteiger partial charge on any atom is 0.0690 e. The second-order valence-electron chi connectivity index (χ2n) is 2.77. The number of fused-ring (bicyclic) bond motifs is 1. The Kier molecular flexibility index (Phi) is 0.765. The van der Waals surface area contributed by atoms with Gasteiger partial charge in [-0.2, -0.15) is 0 Å². The number of hydrogen-bond acceptors (Lipinski definition) is 2. The maximum absolute atomic E-state index is 2.43. The third kappa shape index (κ3) is 0.465. The smallest absolute Gasteiger partial charge is 0.0690 e. The summed E-state index contributed by atoms with van der Waals surface area (Å²) in [5.74, 6) is 1.16. The Balaban J connectivity index is 2.37. The minimum atomic E-state index is 1.14. The molecule has 0 aromatic heterocycles. The highest BCUT2D eigenvalue weighted by atomic mass is 32.2. The highest BCUT2D eigenvalue weighted by molar-refractivity contribution is 7.99. The molecule has 1 aromatic rings. The van der Waals surface area contributed by atoms with E-state index in [-0.39, 0.29) is 0 Å². The molecular formula is C8H7NS. The molecule has 1 aromatic carbocycles. The molecule has 2 aliphatic heterocycles. The van der Waals surface area contributed by atoms with E-state index in [1.165, 1.54) is 16.1 Å². The van der Waals surface area contributed by atoms with Crippen LogP contribution in [0.2, 0.25) is 0 Å². The average Bonchev–Trinajstić information content (AvgIpc) is 2.38. The summed E-state index contributed by atoms with van der Waals surface area (Å²) in [6, 6.07) is 6.77. The van der Waals surface area contributed by atoms with E-state index in [1.807, 2.05) is 11.8 Å². The van der Waals surface area contributed by atoms with Gasteiger partial charge in [-0.25, -0.2) is 0 Å². The average molecular weight is 149 g/mol. The molecule has 2 heteroatoms. The molecule has 0 radical (unpaired) electrons. The predicted molar refractivity (Wildman–Crippen MR) is 43.3 cm³/mol. The van der Waals surface area contributed by atoms with Crippen LogP contribution in [-0.2, 0) is 6.54 Å². The second-order valence-corrected chi connectivity index (χ2v) is 3.76. The van der Waals surface area contributed by atoms with E-state index in [0.29, 0.717) is 0 Å². The number of hydrogen-bond donors (Lipinski definition) is 0. The summed E-state index contributed by atoms with van der Waals surface area (Å²) in [4.78, 5) is 3.89. The topological polar surface area (TPSA) is 3.24 Å². The minimum Gasteiger partial charge on any atom is -0.357 e. The number of benzene rings is 1. The van der Waals surface area contributed by atoms with Crippen molar-refractivity contribution in [2.24, 2.45) is 0 Å². The number of nitrogens with zero attached hydrogens (tertiary/aromatic N) is 1. The Morgan fingerprint density at radius 2 is 2.40 bits per heavy atom. The van der Waals surface area contributed by atoms with Gasteiger partial charge in [-0.3, -0.25) is 0 Å². The summed E-state index contributed by atoms with van der Waals surface area (Å²) in [5, 5.41) is 0. The molecule has 0 amide bonds. The molecule has 0 aliphatic carbocycles. The summed E-state index contributed by atoms with van der Waals surface area (Å²) in [6.07, 6.45) is 0. The van der Waals surface area contributed by atoms with Crippen LogP contribution in [0.5, 0.6) is 0 Å². The molecule has 3 rings (SSSR count). The van der Waals surface area contributed by atoms with Crippen LogP contribution in [-0.4, -0.2) is 5.88 Å². The second kappa shape index (κ2) is 1.51. The molecular weight excluding hydrogens is 142 g/mol. The molecule has 2 aliphatic rings. The van der Waals surface area contributed by atoms with Crippen molar-refractivity contribution < 1.29 is 0 Å². The van der Waals surface area contributed by atoms with E-state index in [1.54, 1.807) is 0 Å². The fraction of sp³-hybridized carbons (Fsp3) is 0.250. The van der Waals surface area contributed by atoms with Crippen molar-refractivity contribution in [2.45, 2.75) is 11.4 Å². The zero-order valence-corrected chi connectivity index (χ0v) is 6.32. The van der Waals surface area contributed by atoms with Gasteiger partial charge < -0.3 is 4.90 Å². The highest BCUT2D eigenvalue weighted by Crippen LogP contribution is 2.43. The fourth-order valence-corrected chi connectivity index (χ4v) is 2.62. The third-order valence-electron chi connectivity index (χ3n) is 2.11. The van der Waals surface area contributed by atoms with Gasteiger partial charge in [-0.05, 0) is 17.7 Å². The number of thioether (sulfide) groups is 1. The van der Waals surface area contributed by atoms with Gasteiger partial charge in [0, 0.05) is 11.4 Å². The fourth-order valence-electron chi connectivity index (χ4n) is 1.60. The largest absolute Gasteiger partial charge is 0.357 e. The van der Waals surface area contributed by atoms with Gasteiger partial charge in [-0.15, -0.1) is 11.8 Å². The van der Waals surface area contributed by atoms with Crippen molar-refractivity contribution in [1.82, 2.24) is 0 Å².